The molecule has 29 heavy (non-hydrogen) atoms. The Balaban J connectivity index is 1.38. The molecule has 9 heteroatoms. The van der Waals surface area contributed by atoms with Crippen LogP contribution >= 0.6 is 0 Å². The van der Waals surface area contributed by atoms with Crippen molar-refractivity contribution >= 4 is 21.7 Å². The number of hydrogen-bond donors (Lipinski definition) is 3. The van der Waals surface area contributed by atoms with Crippen molar-refractivity contribution < 1.29 is 8.42 Å². The van der Waals surface area contributed by atoms with E-state index in [0.717, 1.165) is 50.8 Å². The van der Waals surface area contributed by atoms with Crippen molar-refractivity contribution in [2.45, 2.75) is 62.6 Å². The van der Waals surface area contributed by atoms with Crippen LogP contribution in [0, 0.1) is 0 Å². The van der Waals surface area contributed by atoms with E-state index in [1.54, 1.807) is 0 Å². The molecular formula is C20H28N6O2S. The van der Waals surface area contributed by atoms with E-state index in [-0.39, 0.29) is 11.2 Å². The number of hydrogen-bond acceptors (Lipinski definition) is 6. The molecule has 0 radical (unpaired) electrons. The van der Waals surface area contributed by atoms with Gasteiger partial charge in [-0.15, -0.1) is 10.2 Å². The molecule has 3 N–H and O–H groups in total. The second-order valence-corrected chi connectivity index (χ2v) is 10.2. The van der Waals surface area contributed by atoms with E-state index in [2.05, 4.69) is 36.2 Å². The molecule has 2 aromatic rings. The number of nitrogens with one attached hydrogen (secondary N) is 3. The van der Waals surface area contributed by atoms with Crippen molar-refractivity contribution in [1.82, 2.24) is 24.8 Å². The molecule has 1 aromatic carbocycles. The molecule has 3 aliphatic rings. The fourth-order valence-corrected chi connectivity index (χ4v) is 6.17. The predicted molar refractivity (Wildman–Crippen MR) is 111 cm³/mol. The summed E-state index contributed by atoms with van der Waals surface area (Å²) in [6, 6.07) is 2.28. The summed E-state index contributed by atoms with van der Waals surface area (Å²) in [6.45, 7) is 1.71. The number of aryl methyl sites for hydroxylation is 2. The highest BCUT2D eigenvalue weighted by molar-refractivity contribution is 7.89. The molecule has 0 bridgehead atoms. The molecule has 0 saturated carbocycles. The van der Waals surface area contributed by atoms with Gasteiger partial charge in [0.1, 0.15) is 0 Å². The number of fused-ring (bicyclic) bond motifs is 2. The van der Waals surface area contributed by atoms with E-state index in [1.165, 1.54) is 35.1 Å². The summed E-state index contributed by atoms with van der Waals surface area (Å²) in [5, 5.41) is 11.3. The average Bonchev–Trinajstić information content (AvgIpc) is 3.41. The molecule has 156 valence electrons. The molecule has 0 unspecified atom stereocenters. The maximum absolute atomic E-state index is 12.8. The van der Waals surface area contributed by atoms with Crippen LogP contribution in [0.5, 0.6) is 0 Å². The molecule has 2 heterocycles. The summed E-state index contributed by atoms with van der Waals surface area (Å²) in [7, 11) is -1.72. The zero-order valence-corrected chi connectivity index (χ0v) is 17.6. The molecule has 0 amide bonds. The van der Waals surface area contributed by atoms with Gasteiger partial charge in [-0.3, -0.25) is 4.98 Å². The fraction of sp³-hybridized carbons (Fsp3) is 0.600. The highest BCUT2D eigenvalue weighted by Crippen LogP contribution is 2.39. The molecular weight excluding hydrogens is 388 g/mol. The Morgan fingerprint density at radius 3 is 2.48 bits per heavy atom. The zero-order chi connectivity index (χ0) is 20.0. The largest absolute Gasteiger partial charge is 0.324 e. The smallest absolute Gasteiger partial charge is 0.276 e. The number of sulfonamides is 1. The summed E-state index contributed by atoms with van der Waals surface area (Å²) >= 11 is 0. The lowest BCUT2D eigenvalue weighted by atomic mass is 9.99. The highest BCUT2D eigenvalue weighted by Gasteiger charge is 2.28. The number of likely N-dealkylation sites (tertiary alicyclic amines) is 1. The molecule has 1 atom stereocenters. The van der Waals surface area contributed by atoms with Crippen LogP contribution in [0.2, 0.25) is 0 Å². The van der Waals surface area contributed by atoms with Gasteiger partial charge in [0, 0.05) is 18.3 Å². The molecule has 8 nitrogen and oxygen atoms in total. The molecule has 2 aliphatic carbocycles. The van der Waals surface area contributed by atoms with Crippen LogP contribution in [-0.4, -0.2) is 54.7 Å². The van der Waals surface area contributed by atoms with Gasteiger partial charge in [-0.25, -0.2) is 13.1 Å². The lowest BCUT2D eigenvalue weighted by Gasteiger charge is -2.29. The van der Waals surface area contributed by atoms with Gasteiger partial charge in [0.05, 0.1) is 0 Å². The van der Waals surface area contributed by atoms with E-state index < -0.39 is 10.0 Å². The SMILES string of the molecule is CN1CCC[C@H](NS(=O)(=O)c2nnc(Nc3c4c(cc5c3CCC5)CCC4)[nH]2)C1. The Kier molecular flexibility index (Phi) is 4.84. The van der Waals surface area contributed by atoms with Crippen LogP contribution in [0.25, 0.3) is 0 Å². The van der Waals surface area contributed by atoms with Crippen molar-refractivity contribution in [3.8, 4) is 0 Å². The Hall–Kier alpha value is -1.97. The molecule has 0 spiro atoms. The molecule has 1 aromatic heterocycles. The number of H-pyrrole nitrogens is 1. The Morgan fingerprint density at radius 2 is 1.79 bits per heavy atom. The summed E-state index contributed by atoms with van der Waals surface area (Å²) in [5.41, 5.74) is 6.67. The van der Waals surface area contributed by atoms with E-state index in [1.807, 2.05) is 7.05 Å². The number of piperidine rings is 1. The Morgan fingerprint density at radius 1 is 1.07 bits per heavy atom. The van der Waals surface area contributed by atoms with E-state index in [0.29, 0.717) is 12.5 Å². The van der Waals surface area contributed by atoms with Crippen LogP contribution in [0.4, 0.5) is 11.6 Å². The first-order valence-electron chi connectivity index (χ1n) is 10.6. The topological polar surface area (TPSA) is 103 Å². The Labute approximate surface area is 171 Å². The van der Waals surface area contributed by atoms with Gasteiger partial charge in [-0.1, -0.05) is 6.07 Å². The number of aromatic nitrogens is 3. The van der Waals surface area contributed by atoms with Crippen LogP contribution in [0.15, 0.2) is 11.2 Å². The maximum atomic E-state index is 12.8. The number of benzene rings is 1. The second kappa shape index (κ2) is 7.37. The molecule has 1 saturated heterocycles. The van der Waals surface area contributed by atoms with Crippen molar-refractivity contribution in [2.24, 2.45) is 0 Å². The molecule has 1 fully saturated rings. The summed E-state index contributed by atoms with van der Waals surface area (Å²) in [4.78, 5) is 5.03. The highest BCUT2D eigenvalue weighted by atomic mass is 32.2. The second-order valence-electron chi connectivity index (χ2n) is 8.56. The van der Waals surface area contributed by atoms with E-state index >= 15 is 0 Å². The van der Waals surface area contributed by atoms with Crippen molar-refractivity contribution in [1.29, 1.82) is 0 Å². The standard InChI is InChI=1S/C20H28N6O2S/c1-26-10-4-7-15(12-26)25-29(27,28)20-22-19(23-24-20)21-18-16-8-2-5-13(16)11-14-6-3-9-17(14)18/h11,15,25H,2-10,12H2,1H3,(H2,21,22,23,24)/t15-/m0/s1. The number of aromatic amines is 1. The van der Waals surface area contributed by atoms with Gasteiger partial charge in [0.25, 0.3) is 15.2 Å². The van der Waals surface area contributed by atoms with Crippen molar-refractivity contribution in [2.75, 3.05) is 25.5 Å². The summed E-state index contributed by atoms with van der Waals surface area (Å²) in [5.74, 6) is 0.389. The van der Waals surface area contributed by atoms with E-state index in [9.17, 15) is 8.42 Å². The lowest BCUT2D eigenvalue weighted by Crippen LogP contribution is -2.46. The summed E-state index contributed by atoms with van der Waals surface area (Å²) in [6.07, 6.45) is 8.51. The molecule has 1 aliphatic heterocycles. The van der Waals surface area contributed by atoms with Crippen molar-refractivity contribution in [3.63, 3.8) is 0 Å². The quantitative estimate of drug-likeness (QED) is 0.688. The number of anilines is 2. The number of likely N-dealkylation sites (N-methyl/N-ethyl adjacent to an activating group) is 1. The van der Waals surface area contributed by atoms with Gasteiger partial charge in [-0.05, 0) is 87.2 Å². The number of nitrogens with zero attached hydrogens (tertiary/aromatic N) is 3. The minimum atomic E-state index is -3.72. The fourth-order valence-electron chi connectivity index (χ4n) is 5.05. The third-order valence-corrected chi connectivity index (χ3v) is 7.72. The third kappa shape index (κ3) is 3.67. The monoisotopic (exact) mass is 416 g/mol. The first kappa shape index (κ1) is 19.0. The van der Waals surface area contributed by atoms with Gasteiger partial charge >= 0.3 is 0 Å². The lowest BCUT2D eigenvalue weighted by molar-refractivity contribution is 0.242. The third-order valence-electron chi connectivity index (χ3n) is 6.38. The van der Waals surface area contributed by atoms with Gasteiger partial charge in [0.2, 0.25) is 5.95 Å². The average molecular weight is 417 g/mol. The van der Waals surface area contributed by atoms with Crippen LogP contribution in [-0.2, 0) is 35.7 Å². The van der Waals surface area contributed by atoms with Crippen LogP contribution < -0.4 is 10.0 Å². The first-order chi connectivity index (χ1) is 14.0. The van der Waals surface area contributed by atoms with E-state index in [4.69, 9.17) is 0 Å². The predicted octanol–water partition coefficient (Wildman–Crippen LogP) is 1.90. The summed E-state index contributed by atoms with van der Waals surface area (Å²) < 4.78 is 28.3. The maximum Gasteiger partial charge on any atom is 0.276 e. The Bertz CT molecular complexity index is 1000. The first-order valence-corrected chi connectivity index (χ1v) is 12.0. The van der Waals surface area contributed by atoms with Crippen molar-refractivity contribution in [3.05, 3.63) is 28.3 Å². The van der Waals surface area contributed by atoms with Gasteiger partial charge < -0.3 is 10.2 Å². The van der Waals surface area contributed by atoms with Gasteiger partial charge in [0.15, 0.2) is 0 Å². The minimum absolute atomic E-state index is 0.0964. The normalized spacial score (nSPS) is 21.9. The zero-order valence-electron chi connectivity index (χ0n) is 16.8. The van der Waals surface area contributed by atoms with Gasteiger partial charge in [-0.2, -0.15) is 0 Å². The van der Waals surface area contributed by atoms with Crippen LogP contribution in [0.1, 0.15) is 47.9 Å². The van der Waals surface area contributed by atoms with Crippen LogP contribution in [0.3, 0.4) is 0 Å². The molecule has 5 rings (SSSR count). The minimum Gasteiger partial charge on any atom is -0.324 e. The number of rotatable bonds is 5.